The maximum absolute atomic E-state index is 13.4. The summed E-state index contributed by atoms with van der Waals surface area (Å²) >= 11 is 0. The summed E-state index contributed by atoms with van der Waals surface area (Å²) in [4.78, 5) is 26.1. The number of hydrogen-bond acceptors (Lipinski definition) is 5. The minimum absolute atomic E-state index is 0.0752. The Hall–Kier alpha value is -4.00. The van der Waals surface area contributed by atoms with E-state index in [9.17, 15) is 4.79 Å². The van der Waals surface area contributed by atoms with Crippen LogP contribution in [0.5, 0.6) is 0 Å². The van der Waals surface area contributed by atoms with E-state index in [1.807, 2.05) is 33.8 Å². The second-order valence-electron chi connectivity index (χ2n) is 8.81. The monoisotopic (exact) mass is 466 g/mol. The zero-order valence-corrected chi connectivity index (χ0v) is 20.3. The van der Waals surface area contributed by atoms with Crippen LogP contribution >= 0.6 is 0 Å². The molecule has 4 aromatic rings. The average Bonchev–Trinajstić information content (AvgIpc) is 3.25. The van der Waals surface area contributed by atoms with Gasteiger partial charge < -0.3 is 9.80 Å². The first kappa shape index (κ1) is 22.8. The van der Waals surface area contributed by atoms with Crippen LogP contribution < -0.4 is 4.90 Å². The number of amides is 1. The van der Waals surface area contributed by atoms with Gasteiger partial charge in [0.1, 0.15) is 6.54 Å². The van der Waals surface area contributed by atoms with E-state index >= 15 is 0 Å². The fourth-order valence-corrected chi connectivity index (χ4v) is 4.64. The van der Waals surface area contributed by atoms with Crippen molar-refractivity contribution >= 4 is 11.9 Å². The number of aryl methyl sites for hydroxylation is 1. The molecule has 3 heterocycles. The highest BCUT2D eigenvalue weighted by Crippen LogP contribution is 2.32. The summed E-state index contributed by atoms with van der Waals surface area (Å²) in [7, 11) is 0. The molecular weight excluding hydrogens is 436 g/mol. The van der Waals surface area contributed by atoms with Gasteiger partial charge in [0, 0.05) is 55.3 Å². The van der Waals surface area contributed by atoms with Gasteiger partial charge in [0.25, 0.3) is 0 Å². The van der Waals surface area contributed by atoms with E-state index in [0.29, 0.717) is 32.1 Å². The molecule has 0 N–H and O–H groups in total. The maximum Gasteiger partial charge on any atom is 0.244 e. The van der Waals surface area contributed by atoms with E-state index in [0.717, 1.165) is 34.5 Å². The van der Waals surface area contributed by atoms with Crippen LogP contribution in [0.1, 0.15) is 18.1 Å². The lowest BCUT2D eigenvalue weighted by atomic mass is 10.0. The first-order valence-electron chi connectivity index (χ1n) is 12.2. The Labute approximate surface area is 206 Å². The molecule has 2 aromatic heterocycles. The first-order chi connectivity index (χ1) is 17.1. The van der Waals surface area contributed by atoms with Crippen LogP contribution in [0, 0.1) is 6.92 Å². The van der Waals surface area contributed by atoms with Gasteiger partial charge in [0.05, 0.1) is 11.4 Å². The van der Waals surface area contributed by atoms with Gasteiger partial charge in [0.2, 0.25) is 11.9 Å². The van der Waals surface area contributed by atoms with Gasteiger partial charge in [-0.2, -0.15) is 5.10 Å². The molecule has 7 nitrogen and oxygen atoms in total. The van der Waals surface area contributed by atoms with Crippen LogP contribution in [0.4, 0.5) is 5.95 Å². The summed E-state index contributed by atoms with van der Waals surface area (Å²) in [6.07, 6.45) is 4.50. The molecule has 35 heavy (non-hydrogen) atoms. The van der Waals surface area contributed by atoms with Gasteiger partial charge in [-0.25, -0.2) is 9.97 Å². The molecular formula is C28H30N6O. The largest absolute Gasteiger partial charge is 0.338 e. The number of carbonyl (C=O) groups is 1. The van der Waals surface area contributed by atoms with Crippen molar-refractivity contribution in [2.45, 2.75) is 26.8 Å². The predicted molar refractivity (Wildman–Crippen MR) is 138 cm³/mol. The van der Waals surface area contributed by atoms with E-state index in [4.69, 9.17) is 5.10 Å². The third kappa shape index (κ3) is 4.80. The van der Waals surface area contributed by atoms with Gasteiger partial charge in [0.15, 0.2) is 0 Å². The Morgan fingerprint density at radius 1 is 0.857 bits per heavy atom. The van der Waals surface area contributed by atoms with Crippen LogP contribution in [0.2, 0.25) is 0 Å². The van der Waals surface area contributed by atoms with Gasteiger partial charge in [-0.05, 0) is 25.0 Å². The van der Waals surface area contributed by atoms with Crippen molar-refractivity contribution in [1.82, 2.24) is 24.6 Å². The standard InChI is InChI=1S/C28H30N6O/c1-3-22-10-12-23(13-11-22)26-21(2)27(24-8-5-4-6-9-24)34(31-26)20-25(35)32-16-18-33(19-17-32)28-29-14-7-15-30-28/h4-15H,3,16-20H2,1-2H3. The van der Waals surface area contributed by atoms with Crippen molar-refractivity contribution in [2.24, 2.45) is 0 Å². The van der Waals surface area contributed by atoms with Crippen molar-refractivity contribution in [3.8, 4) is 22.5 Å². The van der Waals surface area contributed by atoms with Crippen LogP contribution in [0.3, 0.4) is 0 Å². The van der Waals surface area contributed by atoms with Crippen molar-refractivity contribution < 1.29 is 4.79 Å². The lowest BCUT2D eigenvalue weighted by molar-refractivity contribution is -0.132. The number of benzene rings is 2. The fourth-order valence-electron chi connectivity index (χ4n) is 4.64. The Morgan fingerprint density at radius 3 is 2.20 bits per heavy atom. The third-order valence-electron chi connectivity index (χ3n) is 6.62. The zero-order valence-electron chi connectivity index (χ0n) is 20.3. The molecule has 0 atom stereocenters. The van der Waals surface area contributed by atoms with E-state index in [-0.39, 0.29) is 12.5 Å². The first-order valence-corrected chi connectivity index (χ1v) is 12.2. The number of rotatable bonds is 6. The molecule has 0 unspecified atom stereocenters. The topological polar surface area (TPSA) is 67.2 Å². The highest BCUT2D eigenvalue weighted by molar-refractivity contribution is 5.79. The van der Waals surface area contributed by atoms with Crippen LogP contribution in [0.25, 0.3) is 22.5 Å². The minimum Gasteiger partial charge on any atom is -0.338 e. The van der Waals surface area contributed by atoms with Crippen molar-refractivity contribution in [3.63, 3.8) is 0 Å². The van der Waals surface area contributed by atoms with Crippen LogP contribution in [-0.4, -0.2) is 56.7 Å². The summed E-state index contributed by atoms with van der Waals surface area (Å²) in [6.45, 7) is 7.17. The lowest BCUT2D eigenvalue weighted by Gasteiger charge is -2.34. The van der Waals surface area contributed by atoms with Gasteiger partial charge >= 0.3 is 0 Å². The van der Waals surface area contributed by atoms with E-state index < -0.39 is 0 Å². The molecule has 1 amide bonds. The molecule has 0 aliphatic carbocycles. The smallest absolute Gasteiger partial charge is 0.244 e. The molecule has 7 heteroatoms. The minimum atomic E-state index is 0.0752. The Balaban J connectivity index is 1.39. The summed E-state index contributed by atoms with van der Waals surface area (Å²) in [5.74, 6) is 0.790. The summed E-state index contributed by atoms with van der Waals surface area (Å²) in [6, 6.07) is 20.6. The summed E-state index contributed by atoms with van der Waals surface area (Å²) in [5, 5.41) is 4.95. The van der Waals surface area contributed by atoms with Crippen molar-refractivity contribution in [3.05, 3.63) is 84.2 Å². The fraction of sp³-hybridized carbons (Fsp3) is 0.286. The SMILES string of the molecule is CCc1ccc(-c2nn(CC(=O)N3CCN(c4ncccn4)CC3)c(-c3ccccc3)c2C)cc1. The number of nitrogens with zero attached hydrogens (tertiary/aromatic N) is 6. The number of aromatic nitrogens is 4. The second-order valence-corrected chi connectivity index (χ2v) is 8.81. The normalized spacial score (nSPS) is 13.8. The zero-order chi connectivity index (χ0) is 24.2. The molecule has 178 valence electrons. The van der Waals surface area contributed by atoms with Crippen LogP contribution in [0.15, 0.2) is 73.1 Å². The van der Waals surface area contributed by atoms with E-state index in [1.165, 1.54) is 5.56 Å². The predicted octanol–water partition coefficient (Wildman–Crippen LogP) is 4.23. The molecule has 0 saturated carbocycles. The summed E-state index contributed by atoms with van der Waals surface area (Å²) in [5.41, 5.74) is 6.42. The molecule has 1 aliphatic rings. The molecule has 0 bridgehead atoms. The van der Waals surface area contributed by atoms with Gasteiger partial charge in [-0.3, -0.25) is 9.48 Å². The number of carbonyl (C=O) groups excluding carboxylic acids is 1. The number of anilines is 1. The van der Waals surface area contributed by atoms with Gasteiger partial charge in [-0.1, -0.05) is 61.5 Å². The van der Waals surface area contributed by atoms with Crippen molar-refractivity contribution in [2.75, 3.05) is 31.1 Å². The highest BCUT2D eigenvalue weighted by atomic mass is 16.2. The molecule has 5 rings (SSSR count). The van der Waals surface area contributed by atoms with Gasteiger partial charge in [-0.15, -0.1) is 0 Å². The Kier molecular flexibility index (Phi) is 6.57. The lowest BCUT2D eigenvalue weighted by Crippen LogP contribution is -2.50. The average molecular weight is 467 g/mol. The molecule has 1 aliphatic heterocycles. The maximum atomic E-state index is 13.4. The second kappa shape index (κ2) is 10.1. The molecule has 1 fully saturated rings. The quantitative estimate of drug-likeness (QED) is 0.426. The van der Waals surface area contributed by atoms with Crippen LogP contribution in [-0.2, 0) is 17.8 Å². The Bertz CT molecular complexity index is 1280. The number of hydrogen-bond donors (Lipinski definition) is 0. The van der Waals surface area contributed by atoms with Crippen molar-refractivity contribution in [1.29, 1.82) is 0 Å². The highest BCUT2D eigenvalue weighted by Gasteiger charge is 2.25. The number of piperazine rings is 1. The molecule has 2 aromatic carbocycles. The van der Waals surface area contributed by atoms with E-state index in [1.54, 1.807) is 12.4 Å². The molecule has 0 radical (unpaired) electrons. The molecule has 1 saturated heterocycles. The van der Waals surface area contributed by atoms with E-state index in [2.05, 4.69) is 65.1 Å². The summed E-state index contributed by atoms with van der Waals surface area (Å²) < 4.78 is 1.88. The Morgan fingerprint density at radius 2 is 1.54 bits per heavy atom. The molecule has 0 spiro atoms. The third-order valence-corrected chi connectivity index (χ3v) is 6.62.